The van der Waals surface area contributed by atoms with Crippen molar-refractivity contribution in [3.63, 3.8) is 0 Å². The molecule has 1 saturated carbocycles. The molecule has 4 rings (SSSR count). The molecule has 3 aromatic rings. The fourth-order valence-corrected chi connectivity index (χ4v) is 5.39. The number of rotatable bonds is 12. The summed E-state index contributed by atoms with van der Waals surface area (Å²) in [5.41, 5.74) is -2.44. The predicted molar refractivity (Wildman–Crippen MR) is 150 cm³/mol. The molecule has 11 heteroatoms. The molecule has 0 aromatic heterocycles. The smallest absolute Gasteiger partial charge is 0.416 e. The lowest BCUT2D eigenvalue weighted by molar-refractivity contribution is -0.138. The van der Waals surface area contributed by atoms with E-state index >= 15 is 0 Å². The molecule has 0 saturated heterocycles. The number of nitrogens with one attached hydrogen (secondary N) is 2. The van der Waals surface area contributed by atoms with E-state index in [1.165, 1.54) is 12.1 Å². The van der Waals surface area contributed by atoms with Crippen LogP contribution >= 0.6 is 0 Å². The molecule has 0 bridgehead atoms. The Bertz CT molecular complexity index is 1410. The molecule has 1 atom stereocenters. The van der Waals surface area contributed by atoms with Crippen molar-refractivity contribution in [3.05, 3.63) is 101 Å². The zero-order chi connectivity index (χ0) is 31.0. The van der Waals surface area contributed by atoms with Crippen LogP contribution in [-0.2, 0) is 22.9 Å². The van der Waals surface area contributed by atoms with Crippen LogP contribution in [-0.4, -0.2) is 29.8 Å². The van der Waals surface area contributed by atoms with Crippen molar-refractivity contribution in [2.75, 3.05) is 6.61 Å². The summed E-state index contributed by atoms with van der Waals surface area (Å²) in [5.74, 6) is -3.14. The third kappa shape index (κ3) is 8.46. The molecular formula is C32H33F5N2O4. The molecule has 1 aliphatic rings. The molecular weight excluding hydrogens is 571 g/mol. The third-order valence-electron chi connectivity index (χ3n) is 7.51. The third-order valence-corrected chi connectivity index (χ3v) is 7.51. The second-order valence-electron chi connectivity index (χ2n) is 10.7. The SMILES string of the molecule is O=C(O)CCCCOc1cc(C(Cc2ccccc2)(NC(=O)NC2CCCC2)c2cc(F)cc(C(F)(F)F)c2)ccc1F. The van der Waals surface area contributed by atoms with Gasteiger partial charge in [0, 0.05) is 18.9 Å². The quantitative estimate of drug-likeness (QED) is 0.149. The minimum absolute atomic E-state index is 0.0207. The first-order chi connectivity index (χ1) is 20.5. The number of carboxylic acids is 1. The molecule has 43 heavy (non-hydrogen) atoms. The number of benzene rings is 3. The average molecular weight is 605 g/mol. The first-order valence-electron chi connectivity index (χ1n) is 14.1. The fourth-order valence-electron chi connectivity index (χ4n) is 5.39. The molecule has 1 unspecified atom stereocenters. The molecule has 230 valence electrons. The van der Waals surface area contributed by atoms with Crippen molar-refractivity contribution in [3.8, 4) is 5.75 Å². The standard InChI is InChI=1S/C32H33F5N2O4/c33-25-17-23(16-24(18-25)32(35,36)37)31(20-21-8-2-1-3-9-21,39-30(42)38-26-10-4-5-11-26)22-13-14-27(34)28(19-22)43-15-7-6-12-29(40)41/h1-3,8-9,13-14,16-19,26H,4-7,10-12,15,20H2,(H,40,41)(H2,38,39,42). The zero-order valence-corrected chi connectivity index (χ0v) is 23.4. The topological polar surface area (TPSA) is 87.7 Å². The maximum atomic E-state index is 14.9. The van der Waals surface area contributed by atoms with E-state index in [1.807, 2.05) is 0 Å². The Hall–Kier alpha value is -4.15. The van der Waals surface area contributed by atoms with Crippen molar-refractivity contribution in [1.29, 1.82) is 0 Å². The van der Waals surface area contributed by atoms with Gasteiger partial charge in [-0.05, 0) is 72.7 Å². The van der Waals surface area contributed by atoms with Gasteiger partial charge in [0.15, 0.2) is 11.6 Å². The van der Waals surface area contributed by atoms with Gasteiger partial charge in [-0.25, -0.2) is 13.6 Å². The summed E-state index contributed by atoms with van der Waals surface area (Å²) in [5, 5.41) is 14.6. The van der Waals surface area contributed by atoms with Crippen LogP contribution < -0.4 is 15.4 Å². The minimum atomic E-state index is -4.88. The Morgan fingerprint density at radius 2 is 1.58 bits per heavy atom. The highest BCUT2D eigenvalue weighted by molar-refractivity contribution is 5.76. The molecule has 6 nitrogen and oxygen atoms in total. The molecule has 2 amide bonds. The van der Waals surface area contributed by atoms with E-state index in [9.17, 15) is 31.5 Å². The number of aliphatic carboxylic acids is 1. The van der Waals surface area contributed by atoms with Crippen LogP contribution in [0, 0.1) is 11.6 Å². The maximum absolute atomic E-state index is 14.9. The number of ether oxygens (including phenoxy) is 1. The maximum Gasteiger partial charge on any atom is 0.416 e. The average Bonchev–Trinajstić information content (AvgIpc) is 3.46. The Morgan fingerprint density at radius 1 is 0.884 bits per heavy atom. The Balaban J connectivity index is 1.84. The lowest BCUT2D eigenvalue weighted by Gasteiger charge is -2.37. The van der Waals surface area contributed by atoms with Crippen LogP contribution in [0.15, 0.2) is 66.7 Å². The van der Waals surface area contributed by atoms with Gasteiger partial charge >= 0.3 is 18.2 Å². The zero-order valence-electron chi connectivity index (χ0n) is 23.4. The van der Waals surface area contributed by atoms with Crippen LogP contribution in [0.5, 0.6) is 5.75 Å². The molecule has 0 heterocycles. The van der Waals surface area contributed by atoms with Crippen LogP contribution in [0.25, 0.3) is 0 Å². The van der Waals surface area contributed by atoms with Crippen LogP contribution in [0.4, 0.5) is 26.7 Å². The largest absolute Gasteiger partial charge is 0.491 e. The van der Waals surface area contributed by atoms with Gasteiger partial charge in [-0.1, -0.05) is 49.2 Å². The second kappa shape index (κ2) is 13.9. The molecule has 0 aliphatic heterocycles. The van der Waals surface area contributed by atoms with E-state index < -0.39 is 40.9 Å². The van der Waals surface area contributed by atoms with E-state index in [1.54, 1.807) is 30.3 Å². The summed E-state index contributed by atoms with van der Waals surface area (Å²) in [7, 11) is 0. The van der Waals surface area contributed by atoms with E-state index in [-0.39, 0.29) is 42.4 Å². The number of hydrogen-bond donors (Lipinski definition) is 3. The number of hydrogen-bond acceptors (Lipinski definition) is 3. The van der Waals surface area contributed by atoms with Crippen LogP contribution in [0.1, 0.15) is 67.2 Å². The van der Waals surface area contributed by atoms with E-state index in [0.29, 0.717) is 24.5 Å². The normalized spacial score (nSPS) is 15.1. The highest BCUT2D eigenvalue weighted by Gasteiger charge is 2.40. The van der Waals surface area contributed by atoms with E-state index in [2.05, 4.69) is 10.6 Å². The van der Waals surface area contributed by atoms with Crippen LogP contribution in [0.3, 0.4) is 0 Å². The second-order valence-corrected chi connectivity index (χ2v) is 10.7. The van der Waals surface area contributed by atoms with Crippen molar-refractivity contribution >= 4 is 12.0 Å². The molecule has 1 fully saturated rings. The summed E-state index contributed by atoms with van der Waals surface area (Å²) < 4.78 is 77.1. The van der Waals surface area contributed by atoms with Crippen molar-refractivity contribution in [2.45, 2.75) is 69.1 Å². The number of carbonyl (C=O) groups is 2. The van der Waals surface area contributed by atoms with Gasteiger partial charge < -0.3 is 20.5 Å². The molecule has 1 aliphatic carbocycles. The predicted octanol–water partition coefficient (Wildman–Crippen LogP) is 7.35. The van der Waals surface area contributed by atoms with Gasteiger partial charge in [0.25, 0.3) is 0 Å². The summed E-state index contributed by atoms with van der Waals surface area (Å²) in [6.45, 7) is -0.0207. The molecule has 3 aromatic carbocycles. The highest BCUT2D eigenvalue weighted by atomic mass is 19.4. The number of urea groups is 1. The number of unbranched alkanes of at least 4 members (excludes halogenated alkanes) is 1. The number of carbonyl (C=O) groups excluding carboxylic acids is 1. The van der Waals surface area contributed by atoms with Gasteiger partial charge in [-0.3, -0.25) is 4.79 Å². The van der Waals surface area contributed by atoms with Gasteiger partial charge in [0.05, 0.1) is 17.7 Å². The lowest BCUT2D eigenvalue weighted by Crippen LogP contribution is -2.53. The number of amides is 2. The van der Waals surface area contributed by atoms with Gasteiger partial charge in [-0.15, -0.1) is 0 Å². The van der Waals surface area contributed by atoms with Crippen molar-refractivity contribution < 1.29 is 41.4 Å². The molecule has 0 spiro atoms. The molecule has 0 radical (unpaired) electrons. The van der Waals surface area contributed by atoms with Crippen molar-refractivity contribution in [2.24, 2.45) is 0 Å². The summed E-state index contributed by atoms with van der Waals surface area (Å²) in [6.07, 6.45) is -1.14. The first kappa shape index (κ1) is 31.8. The summed E-state index contributed by atoms with van der Waals surface area (Å²) >= 11 is 0. The fraction of sp³-hybridized carbons (Fsp3) is 0.375. The summed E-state index contributed by atoms with van der Waals surface area (Å²) in [6, 6.07) is 13.6. The Morgan fingerprint density at radius 3 is 2.26 bits per heavy atom. The molecule has 3 N–H and O–H groups in total. The van der Waals surface area contributed by atoms with Gasteiger partial charge in [0.1, 0.15) is 5.82 Å². The number of carboxylic acid groups (broad SMARTS) is 1. The number of halogens is 5. The van der Waals surface area contributed by atoms with Gasteiger partial charge in [-0.2, -0.15) is 13.2 Å². The summed E-state index contributed by atoms with van der Waals surface area (Å²) in [4.78, 5) is 24.3. The van der Waals surface area contributed by atoms with E-state index in [0.717, 1.165) is 43.9 Å². The minimum Gasteiger partial charge on any atom is -0.491 e. The monoisotopic (exact) mass is 604 g/mol. The lowest BCUT2D eigenvalue weighted by atomic mass is 9.77. The Kier molecular flexibility index (Phi) is 10.3. The number of alkyl halides is 3. The highest BCUT2D eigenvalue weighted by Crippen LogP contribution is 2.39. The van der Waals surface area contributed by atoms with E-state index in [4.69, 9.17) is 9.84 Å². The van der Waals surface area contributed by atoms with Crippen LogP contribution in [0.2, 0.25) is 0 Å². The first-order valence-corrected chi connectivity index (χ1v) is 14.1. The van der Waals surface area contributed by atoms with Crippen molar-refractivity contribution in [1.82, 2.24) is 10.6 Å². The van der Waals surface area contributed by atoms with Gasteiger partial charge in [0.2, 0.25) is 0 Å². The Labute approximate surface area is 246 Å².